The second kappa shape index (κ2) is 8.00. The molecule has 0 aromatic carbocycles. The van der Waals surface area contributed by atoms with Gasteiger partial charge >= 0.3 is 0 Å². The molecule has 1 aromatic rings. The van der Waals surface area contributed by atoms with E-state index in [4.69, 9.17) is 4.74 Å². The SMILES string of the molecule is C=C/C(C)=C\C(=C)Oc1nccs1.CC. The van der Waals surface area contributed by atoms with E-state index in [-0.39, 0.29) is 0 Å². The molecule has 0 spiro atoms. The summed E-state index contributed by atoms with van der Waals surface area (Å²) < 4.78 is 5.32. The largest absolute Gasteiger partial charge is 0.432 e. The van der Waals surface area contributed by atoms with Crippen molar-refractivity contribution in [3.8, 4) is 5.19 Å². The zero-order valence-electron chi connectivity index (χ0n) is 9.49. The van der Waals surface area contributed by atoms with Crippen LogP contribution in [0.25, 0.3) is 0 Å². The molecule has 0 aliphatic heterocycles. The summed E-state index contributed by atoms with van der Waals surface area (Å²) in [4.78, 5) is 3.97. The first kappa shape index (κ1) is 13.7. The summed E-state index contributed by atoms with van der Waals surface area (Å²) in [5.41, 5.74) is 1.02. The second-order valence-electron chi connectivity index (χ2n) is 2.46. The van der Waals surface area contributed by atoms with Crippen molar-refractivity contribution >= 4 is 11.3 Å². The fraction of sp³-hybridized carbons (Fsp3) is 0.250. The molecule has 0 N–H and O–H groups in total. The molecule has 0 amide bonds. The number of rotatable bonds is 4. The standard InChI is InChI=1S/C10H11NOS.C2H6/c1-4-8(2)7-9(3)12-10-11-5-6-13-10;1-2/h4-7H,1,3H2,2H3;1-2H3/b8-7-;. The molecular formula is C12H17NOS. The Morgan fingerprint density at radius 1 is 1.53 bits per heavy atom. The lowest BCUT2D eigenvalue weighted by atomic mass is 10.3. The van der Waals surface area contributed by atoms with E-state index in [9.17, 15) is 0 Å². The highest BCUT2D eigenvalue weighted by Crippen LogP contribution is 2.17. The summed E-state index contributed by atoms with van der Waals surface area (Å²) in [6, 6.07) is 0. The first-order chi connectivity index (χ1) is 7.22. The average Bonchev–Trinajstić information content (AvgIpc) is 2.73. The van der Waals surface area contributed by atoms with Crippen LogP contribution in [0.3, 0.4) is 0 Å². The van der Waals surface area contributed by atoms with Crippen molar-refractivity contribution in [2.75, 3.05) is 0 Å². The summed E-state index contributed by atoms with van der Waals surface area (Å²) in [5, 5.41) is 2.46. The zero-order valence-corrected chi connectivity index (χ0v) is 10.3. The zero-order chi connectivity index (χ0) is 11.7. The molecule has 15 heavy (non-hydrogen) atoms. The molecule has 0 saturated heterocycles. The third-order valence-electron chi connectivity index (χ3n) is 1.34. The van der Waals surface area contributed by atoms with Crippen molar-refractivity contribution in [1.29, 1.82) is 0 Å². The van der Waals surface area contributed by atoms with Gasteiger partial charge < -0.3 is 4.74 Å². The molecule has 0 atom stereocenters. The van der Waals surface area contributed by atoms with Crippen LogP contribution in [-0.4, -0.2) is 4.98 Å². The first-order valence-corrected chi connectivity index (χ1v) is 5.67. The molecule has 1 rings (SSSR count). The number of hydrogen-bond acceptors (Lipinski definition) is 3. The van der Waals surface area contributed by atoms with Crippen LogP contribution in [-0.2, 0) is 0 Å². The smallest absolute Gasteiger partial charge is 0.278 e. The van der Waals surface area contributed by atoms with Gasteiger partial charge in [0.05, 0.1) is 0 Å². The Hall–Kier alpha value is -1.35. The Balaban J connectivity index is 0.000000921. The number of thiazole rings is 1. The lowest BCUT2D eigenvalue weighted by Crippen LogP contribution is -1.89. The van der Waals surface area contributed by atoms with Crippen molar-refractivity contribution in [2.45, 2.75) is 20.8 Å². The van der Waals surface area contributed by atoms with E-state index in [0.29, 0.717) is 11.0 Å². The Morgan fingerprint density at radius 3 is 2.67 bits per heavy atom. The molecule has 0 saturated carbocycles. The van der Waals surface area contributed by atoms with Crippen molar-refractivity contribution < 1.29 is 4.74 Å². The number of hydrogen-bond donors (Lipinski definition) is 0. The van der Waals surface area contributed by atoms with E-state index in [1.54, 1.807) is 12.3 Å². The maximum absolute atomic E-state index is 5.32. The van der Waals surface area contributed by atoms with Crippen LogP contribution < -0.4 is 4.74 Å². The highest BCUT2D eigenvalue weighted by molar-refractivity contribution is 7.11. The molecule has 0 radical (unpaired) electrons. The molecule has 82 valence electrons. The van der Waals surface area contributed by atoms with Gasteiger partial charge in [0.2, 0.25) is 0 Å². The maximum Gasteiger partial charge on any atom is 0.278 e. The van der Waals surface area contributed by atoms with E-state index >= 15 is 0 Å². The monoisotopic (exact) mass is 223 g/mol. The average molecular weight is 223 g/mol. The highest BCUT2D eigenvalue weighted by Gasteiger charge is 1.96. The van der Waals surface area contributed by atoms with E-state index in [0.717, 1.165) is 5.57 Å². The molecule has 0 fully saturated rings. The predicted molar refractivity (Wildman–Crippen MR) is 67.2 cm³/mol. The summed E-state index contributed by atoms with van der Waals surface area (Å²) in [7, 11) is 0. The van der Waals surface area contributed by atoms with Gasteiger partial charge in [0, 0.05) is 11.6 Å². The minimum atomic E-state index is 0.576. The van der Waals surface area contributed by atoms with Crippen molar-refractivity contribution in [1.82, 2.24) is 4.98 Å². The Bertz CT molecular complexity index is 325. The summed E-state index contributed by atoms with van der Waals surface area (Å²) >= 11 is 1.44. The molecule has 0 unspecified atom stereocenters. The van der Waals surface area contributed by atoms with Gasteiger partial charge in [0.1, 0.15) is 5.76 Å². The Labute approximate surface area is 95.6 Å². The third kappa shape index (κ3) is 5.86. The van der Waals surface area contributed by atoms with Crippen LogP contribution in [0.2, 0.25) is 0 Å². The lowest BCUT2D eigenvalue weighted by molar-refractivity contribution is 0.443. The van der Waals surface area contributed by atoms with Gasteiger partial charge in [-0.3, -0.25) is 0 Å². The van der Waals surface area contributed by atoms with Gasteiger partial charge in [-0.25, -0.2) is 4.98 Å². The minimum Gasteiger partial charge on any atom is -0.432 e. The quantitative estimate of drug-likeness (QED) is 0.564. The topological polar surface area (TPSA) is 22.1 Å². The number of aromatic nitrogens is 1. The van der Waals surface area contributed by atoms with Crippen LogP contribution >= 0.6 is 11.3 Å². The van der Waals surface area contributed by atoms with E-state index in [1.165, 1.54) is 11.3 Å². The molecule has 1 aromatic heterocycles. The van der Waals surface area contributed by atoms with Crippen LogP contribution in [0, 0.1) is 0 Å². The van der Waals surface area contributed by atoms with Gasteiger partial charge in [0.15, 0.2) is 0 Å². The van der Waals surface area contributed by atoms with Crippen molar-refractivity contribution in [2.24, 2.45) is 0 Å². The summed E-state index contributed by atoms with van der Waals surface area (Å²) in [6.07, 6.45) is 5.25. The highest BCUT2D eigenvalue weighted by atomic mass is 32.1. The molecule has 3 heteroatoms. The summed E-state index contributed by atoms with van der Waals surface area (Å²) in [6.45, 7) is 13.3. The van der Waals surface area contributed by atoms with Crippen LogP contribution in [0.15, 0.2) is 48.2 Å². The van der Waals surface area contributed by atoms with Gasteiger partial charge in [-0.2, -0.15) is 0 Å². The molecule has 0 bridgehead atoms. The van der Waals surface area contributed by atoms with Crippen LogP contribution in [0.4, 0.5) is 0 Å². The fourth-order valence-corrected chi connectivity index (χ4v) is 1.23. The molecule has 0 aliphatic rings. The molecule has 1 heterocycles. The minimum absolute atomic E-state index is 0.576. The lowest BCUT2D eigenvalue weighted by Gasteiger charge is -2.00. The van der Waals surface area contributed by atoms with E-state index in [1.807, 2.05) is 32.2 Å². The fourth-order valence-electron chi connectivity index (χ4n) is 0.715. The normalized spacial score (nSPS) is 9.93. The van der Waals surface area contributed by atoms with Crippen molar-refractivity contribution in [3.63, 3.8) is 0 Å². The van der Waals surface area contributed by atoms with Crippen LogP contribution in [0.1, 0.15) is 20.8 Å². The number of allylic oxidation sites excluding steroid dienone is 3. The van der Waals surface area contributed by atoms with Gasteiger partial charge in [-0.15, -0.1) is 0 Å². The van der Waals surface area contributed by atoms with Crippen LogP contribution in [0.5, 0.6) is 5.19 Å². The number of ether oxygens (including phenoxy) is 1. The van der Waals surface area contributed by atoms with E-state index in [2.05, 4.69) is 18.1 Å². The maximum atomic E-state index is 5.32. The second-order valence-corrected chi connectivity index (χ2v) is 3.32. The Kier molecular flexibility index (Phi) is 7.28. The van der Waals surface area contributed by atoms with Crippen molar-refractivity contribution in [3.05, 3.63) is 48.2 Å². The predicted octanol–water partition coefficient (Wildman–Crippen LogP) is 4.19. The third-order valence-corrected chi connectivity index (χ3v) is 1.99. The number of nitrogens with zero attached hydrogens (tertiary/aromatic N) is 1. The van der Waals surface area contributed by atoms with E-state index < -0.39 is 0 Å². The molecule has 2 nitrogen and oxygen atoms in total. The van der Waals surface area contributed by atoms with Gasteiger partial charge in [-0.05, 0) is 18.6 Å². The van der Waals surface area contributed by atoms with Gasteiger partial charge in [-0.1, -0.05) is 44.4 Å². The molecular weight excluding hydrogens is 206 g/mol. The summed E-state index contributed by atoms with van der Waals surface area (Å²) in [5.74, 6) is 0.576. The van der Waals surface area contributed by atoms with Gasteiger partial charge in [0.25, 0.3) is 5.19 Å². The first-order valence-electron chi connectivity index (χ1n) is 4.79. The molecule has 0 aliphatic carbocycles. The Morgan fingerprint density at radius 2 is 2.20 bits per heavy atom.